The van der Waals surface area contributed by atoms with Gasteiger partial charge in [0.05, 0.1) is 0 Å². The lowest BCUT2D eigenvalue weighted by molar-refractivity contribution is 0.0756. The summed E-state index contributed by atoms with van der Waals surface area (Å²) in [5, 5.41) is 3.33. The molecule has 1 aliphatic rings. The topological polar surface area (TPSA) is 58.1 Å². The average Bonchev–Trinajstić information content (AvgIpc) is 2.90. The summed E-state index contributed by atoms with van der Waals surface area (Å²) in [4.78, 5) is 22.8. The van der Waals surface area contributed by atoms with Gasteiger partial charge in [0.15, 0.2) is 0 Å². The normalized spacial score (nSPS) is 15.0. The Labute approximate surface area is 136 Å². The van der Waals surface area contributed by atoms with E-state index in [2.05, 4.69) is 15.3 Å². The molecule has 1 aliphatic heterocycles. The zero-order chi connectivity index (χ0) is 15.9. The Hall–Kier alpha value is -2.43. The molecule has 0 aliphatic carbocycles. The third kappa shape index (κ3) is 4.28. The van der Waals surface area contributed by atoms with E-state index in [1.807, 2.05) is 29.2 Å². The molecule has 1 N–H and O–H groups in total. The fourth-order valence-electron chi connectivity index (χ4n) is 2.80. The molecule has 5 nitrogen and oxygen atoms in total. The number of carbonyl (C=O) groups is 1. The van der Waals surface area contributed by atoms with Crippen molar-refractivity contribution < 1.29 is 4.79 Å². The van der Waals surface area contributed by atoms with Gasteiger partial charge in [0.2, 0.25) is 0 Å². The number of hydrogen-bond acceptors (Lipinski definition) is 4. The summed E-state index contributed by atoms with van der Waals surface area (Å²) in [6, 6.07) is 7.67. The Balaban J connectivity index is 1.65. The highest BCUT2D eigenvalue weighted by Crippen LogP contribution is 2.15. The van der Waals surface area contributed by atoms with Gasteiger partial charge in [-0.15, -0.1) is 0 Å². The fraction of sp³-hybridized carbons (Fsp3) is 0.389. The molecule has 1 saturated heterocycles. The molecule has 0 spiro atoms. The van der Waals surface area contributed by atoms with Gasteiger partial charge in [-0.05, 0) is 42.7 Å². The Morgan fingerprint density at radius 1 is 1.04 bits per heavy atom. The first-order valence-electron chi connectivity index (χ1n) is 8.21. The van der Waals surface area contributed by atoms with E-state index in [0.717, 1.165) is 37.2 Å². The molecular weight excluding hydrogens is 288 g/mol. The molecule has 0 saturated carbocycles. The Morgan fingerprint density at radius 2 is 1.78 bits per heavy atom. The van der Waals surface area contributed by atoms with Crippen LogP contribution in [-0.2, 0) is 6.54 Å². The zero-order valence-electron chi connectivity index (χ0n) is 13.2. The molecule has 0 unspecified atom stereocenters. The number of hydrogen-bond donors (Lipinski definition) is 1. The molecule has 1 amide bonds. The van der Waals surface area contributed by atoms with E-state index in [1.54, 1.807) is 18.6 Å². The van der Waals surface area contributed by atoms with Crippen LogP contribution in [0.1, 0.15) is 41.7 Å². The molecule has 120 valence electrons. The minimum Gasteiger partial charge on any atom is -0.381 e. The maximum absolute atomic E-state index is 12.6. The van der Waals surface area contributed by atoms with Crippen molar-refractivity contribution in [1.82, 2.24) is 14.9 Å². The average molecular weight is 310 g/mol. The van der Waals surface area contributed by atoms with Crippen molar-refractivity contribution in [2.24, 2.45) is 0 Å². The van der Waals surface area contributed by atoms with Crippen molar-refractivity contribution in [1.29, 1.82) is 0 Å². The number of rotatable bonds is 4. The van der Waals surface area contributed by atoms with E-state index >= 15 is 0 Å². The van der Waals surface area contributed by atoms with Crippen molar-refractivity contribution in [3.05, 3.63) is 54.1 Å². The maximum Gasteiger partial charge on any atom is 0.272 e. The lowest BCUT2D eigenvalue weighted by atomic mass is 10.2. The Bertz CT molecular complexity index is 636. The van der Waals surface area contributed by atoms with Gasteiger partial charge in [-0.3, -0.25) is 14.8 Å². The maximum atomic E-state index is 12.6. The highest BCUT2D eigenvalue weighted by Gasteiger charge is 2.18. The SMILES string of the molecule is O=C(c1cc(NCc2ccncc2)ccn1)N1CCCCCC1. The van der Waals surface area contributed by atoms with Gasteiger partial charge < -0.3 is 10.2 Å². The molecule has 23 heavy (non-hydrogen) atoms. The third-order valence-electron chi connectivity index (χ3n) is 4.12. The van der Waals surface area contributed by atoms with Crippen LogP contribution in [0.25, 0.3) is 0 Å². The number of nitrogens with one attached hydrogen (secondary N) is 1. The molecule has 1 fully saturated rings. The van der Waals surface area contributed by atoms with Crippen LogP contribution in [0.5, 0.6) is 0 Å². The highest BCUT2D eigenvalue weighted by molar-refractivity contribution is 5.93. The first-order valence-corrected chi connectivity index (χ1v) is 8.21. The van der Waals surface area contributed by atoms with Crippen LogP contribution in [0.3, 0.4) is 0 Å². The van der Waals surface area contributed by atoms with Gasteiger partial charge >= 0.3 is 0 Å². The molecule has 3 heterocycles. The third-order valence-corrected chi connectivity index (χ3v) is 4.12. The number of amides is 1. The van der Waals surface area contributed by atoms with Crippen molar-refractivity contribution in [3.63, 3.8) is 0 Å². The predicted octanol–water partition coefficient (Wildman–Crippen LogP) is 3.10. The summed E-state index contributed by atoms with van der Waals surface area (Å²) in [6.07, 6.45) is 9.85. The number of carbonyl (C=O) groups excluding carboxylic acids is 1. The summed E-state index contributed by atoms with van der Waals surface area (Å²) < 4.78 is 0. The van der Waals surface area contributed by atoms with E-state index in [4.69, 9.17) is 0 Å². The number of likely N-dealkylation sites (tertiary alicyclic amines) is 1. The first-order chi connectivity index (χ1) is 11.3. The minimum absolute atomic E-state index is 0.0412. The lowest BCUT2D eigenvalue weighted by Gasteiger charge is -2.20. The van der Waals surface area contributed by atoms with Gasteiger partial charge in [0, 0.05) is 43.9 Å². The molecule has 0 aromatic carbocycles. The van der Waals surface area contributed by atoms with Crippen LogP contribution in [0.4, 0.5) is 5.69 Å². The van der Waals surface area contributed by atoms with Gasteiger partial charge in [-0.1, -0.05) is 12.8 Å². The number of anilines is 1. The van der Waals surface area contributed by atoms with Crippen molar-refractivity contribution in [2.45, 2.75) is 32.2 Å². The minimum atomic E-state index is 0.0412. The molecule has 2 aromatic heterocycles. The molecule has 0 radical (unpaired) electrons. The second kappa shape index (κ2) is 7.72. The van der Waals surface area contributed by atoms with Crippen LogP contribution in [0, 0.1) is 0 Å². The zero-order valence-corrected chi connectivity index (χ0v) is 13.2. The number of nitrogens with zero attached hydrogens (tertiary/aromatic N) is 3. The quantitative estimate of drug-likeness (QED) is 0.942. The summed E-state index contributed by atoms with van der Waals surface area (Å²) in [5.74, 6) is 0.0412. The standard InChI is InChI=1S/C18H22N4O/c23-18(22-11-3-1-2-4-12-22)17-13-16(7-10-20-17)21-14-15-5-8-19-9-6-15/h5-10,13H,1-4,11-12,14H2,(H,20,21). The molecule has 0 atom stereocenters. The monoisotopic (exact) mass is 310 g/mol. The lowest BCUT2D eigenvalue weighted by Crippen LogP contribution is -2.32. The van der Waals surface area contributed by atoms with E-state index < -0.39 is 0 Å². The first kappa shape index (κ1) is 15.5. The molecule has 3 rings (SSSR count). The summed E-state index contributed by atoms with van der Waals surface area (Å²) >= 11 is 0. The molecule has 2 aromatic rings. The summed E-state index contributed by atoms with van der Waals surface area (Å²) in [6.45, 7) is 2.38. The highest BCUT2D eigenvalue weighted by atomic mass is 16.2. The van der Waals surface area contributed by atoms with Crippen molar-refractivity contribution in [2.75, 3.05) is 18.4 Å². The van der Waals surface area contributed by atoms with Crippen molar-refractivity contribution >= 4 is 11.6 Å². The van der Waals surface area contributed by atoms with Crippen LogP contribution in [0.2, 0.25) is 0 Å². The summed E-state index contributed by atoms with van der Waals surface area (Å²) in [5.41, 5.74) is 2.58. The van der Waals surface area contributed by atoms with Crippen LogP contribution in [0.15, 0.2) is 42.9 Å². The van der Waals surface area contributed by atoms with E-state index in [1.165, 1.54) is 12.8 Å². The predicted molar refractivity (Wildman–Crippen MR) is 90.2 cm³/mol. The van der Waals surface area contributed by atoms with Gasteiger partial charge in [-0.2, -0.15) is 0 Å². The van der Waals surface area contributed by atoms with Crippen LogP contribution < -0.4 is 5.32 Å². The van der Waals surface area contributed by atoms with Gasteiger partial charge in [-0.25, -0.2) is 0 Å². The second-order valence-electron chi connectivity index (χ2n) is 5.85. The van der Waals surface area contributed by atoms with Gasteiger partial charge in [0.1, 0.15) is 5.69 Å². The van der Waals surface area contributed by atoms with Gasteiger partial charge in [0.25, 0.3) is 5.91 Å². The van der Waals surface area contributed by atoms with E-state index in [9.17, 15) is 4.79 Å². The van der Waals surface area contributed by atoms with Crippen molar-refractivity contribution in [3.8, 4) is 0 Å². The molecule has 5 heteroatoms. The Morgan fingerprint density at radius 3 is 2.52 bits per heavy atom. The van der Waals surface area contributed by atoms with Crippen LogP contribution >= 0.6 is 0 Å². The number of pyridine rings is 2. The van der Waals surface area contributed by atoms with E-state index in [-0.39, 0.29) is 5.91 Å². The molecular formula is C18H22N4O. The fourth-order valence-corrected chi connectivity index (χ4v) is 2.80. The van der Waals surface area contributed by atoms with Crippen LogP contribution in [-0.4, -0.2) is 33.9 Å². The second-order valence-corrected chi connectivity index (χ2v) is 5.85. The Kier molecular flexibility index (Phi) is 5.19. The van der Waals surface area contributed by atoms with E-state index in [0.29, 0.717) is 12.2 Å². The summed E-state index contributed by atoms with van der Waals surface area (Å²) in [7, 11) is 0. The number of aromatic nitrogens is 2. The smallest absolute Gasteiger partial charge is 0.272 e. The largest absolute Gasteiger partial charge is 0.381 e. The molecule has 0 bridgehead atoms.